The molecule has 2 aromatic carbocycles. The summed E-state index contributed by atoms with van der Waals surface area (Å²) < 4.78 is 0. The summed E-state index contributed by atoms with van der Waals surface area (Å²) >= 11 is 0. The lowest BCUT2D eigenvalue weighted by Crippen LogP contribution is -3.18. The van der Waals surface area contributed by atoms with Crippen molar-refractivity contribution in [3.05, 3.63) is 54.6 Å². The van der Waals surface area contributed by atoms with Crippen molar-refractivity contribution < 1.29 is 19.6 Å². The van der Waals surface area contributed by atoms with Crippen LogP contribution in [0.25, 0.3) is 0 Å². The van der Waals surface area contributed by atoms with Crippen molar-refractivity contribution in [2.24, 2.45) is 0 Å². The summed E-state index contributed by atoms with van der Waals surface area (Å²) in [5, 5.41) is 17.5. The van der Waals surface area contributed by atoms with E-state index in [1.54, 1.807) is 12.1 Å². The Balaban J connectivity index is 1.55. The molecule has 0 saturated carbocycles. The van der Waals surface area contributed by atoms with Crippen LogP contribution in [0.2, 0.25) is 0 Å². The Morgan fingerprint density at radius 3 is 2.11 bits per heavy atom. The van der Waals surface area contributed by atoms with E-state index in [1.807, 2.05) is 42.5 Å². The number of carbonyl (C=O) groups excluding carboxylic acids is 2. The third kappa shape index (κ3) is 5.56. The van der Waals surface area contributed by atoms with E-state index in [4.69, 9.17) is 0 Å². The molecular formula is C21H25N3O3. The highest BCUT2D eigenvalue weighted by Gasteiger charge is 2.27. The van der Waals surface area contributed by atoms with Crippen molar-refractivity contribution in [3.8, 4) is 0 Å². The number of carboxylic acids is 1. The summed E-state index contributed by atoms with van der Waals surface area (Å²) in [7, 11) is 0. The van der Waals surface area contributed by atoms with E-state index < -0.39 is 12.0 Å². The van der Waals surface area contributed by atoms with E-state index in [0.29, 0.717) is 5.69 Å². The number of rotatable bonds is 7. The van der Waals surface area contributed by atoms with Gasteiger partial charge in [-0.3, -0.25) is 4.79 Å². The summed E-state index contributed by atoms with van der Waals surface area (Å²) in [6, 6.07) is 16.3. The van der Waals surface area contributed by atoms with E-state index in [0.717, 1.165) is 48.6 Å². The molecule has 0 aromatic heterocycles. The molecule has 1 aliphatic heterocycles. The van der Waals surface area contributed by atoms with Gasteiger partial charge in [-0.2, -0.15) is 0 Å². The maximum Gasteiger partial charge on any atom is 0.230 e. The first-order chi connectivity index (χ1) is 13.1. The van der Waals surface area contributed by atoms with Gasteiger partial charge in [0.1, 0.15) is 6.04 Å². The molecule has 27 heavy (non-hydrogen) atoms. The quantitative estimate of drug-likeness (QED) is 0.680. The van der Waals surface area contributed by atoms with Gasteiger partial charge in [0.15, 0.2) is 0 Å². The molecule has 3 N–H and O–H groups in total. The number of nitrogens with one attached hydrogen (secondary N) is 3. The van der Waals surface area contributed by atoms with Crippen molar-refractivity contribution in [2.45, 2.75) is 31.7 Å². The number of carbonyl (C=O) groups is 2. The van der Waals surface area contributed by atoms with E-state index >= 15 is 0 Å². The average Bonchev–Trinajstić information content (AvgIpc) is 2.69. The summed E-state index contributed by atoms with van der Waals surface area (Å²) in [4.78, 5) is 24.7. The highest BCUT2D eigenvalue weighted by molar-refractivity contribution is 5.93. The number of anilines is 3. The lowest BCUT2D eigenvalue weighted by atomic mass is 10.1. The van der Waals surface area contributed by atoms with Crippen molar-refractivity contribution in [2.75, 3.05) is 23.7 Å². The lowest BCUT2D eigenvalue weighted by Gasteiger charge is -2.31. The van der Waals surface area contributed by atoms with Gasteiger partial charge < -0.3 is 25.4 Å². The van der Waals surface area contributed by atoms with Crippen molar-refractivity contribution >= 4 is 28.9 Å². The smallest absolute Gasteiger partial charge is 0.230 e. The first kappa shape index (κ1) is 18.9. The second-order valence-corrected chi connectivity index (χ2v) is 6.91. The first-order valence-corrected chi connectivity index (χ1v) is 9.39. The van der Waals surface area contributed by atoms with Gasteiger partial charge in [-0.1, -0.05) is 18.2 Å². The number of amides is 1. The first-order valence-electron chi connectivity index (χ1n) is 9.39. The number of carboxylic acid groups (broad SMARTS) is 1. The van der Waals surface area contributed by atoms with Gasteiger partial charge in [0.2, 0.25) is 5.91 Å². The average molecular weight is 367 g/mol. The number of benzene rings is 2. The second-order valence-electron chi connectivity index (χ2n) is 6.91. The molecule has 142 valence electrons. The van der Waals surface area contributed by atoms with E-state index in [2.05, 4.69) is 10.6 Å². The van der Waals surface area contributed by atoms with E-state index in [-0.39, 0.29) is 12.3 Å². The molecule has 1 aliphatic rings. The maximum absolute atomic E-state index is 12.3. The Kier molecular flexibility index (Phi) is 6.44. The maximum atomic E-state index is 12.3. The molecule has 0 aliphatic carbocycles. The molecule has 1 atom stereocenters. The van der Waals surface area contributed by atoms with E-state index in [1.165, 1.54) is 0 Å². The molecule has 3 rings (SSSR count). The minimum atomic E-state index is -1.15. The monoisotopic (exact) mass is 367 g/mol. The van der Waals surface area contributed by atoms with Crippen LogP contribution in [0.5, 0.6) is 0 Å². The molecule has 6 heteroatoms. The fraction of sp³-hybridized carbons (Fsp3) is 0.333. The minimum absolute atomic E-state index is 0.0678. The Hall–Kier alpha value is -2.86. The van der Waals surface area contributed by atoms with Gasteiger partial charge in [0, 0.05) is 17.1 Å². The number of piperidine rings is 1. The zero-order valence-corrected chi connectivity index (χ0v) is 15.2. The van der Waals surface area contributed by atoms with Gasteiger partial charge in [-0.15, -0.1) is 0 Å². The Bertz CT molecular complexity index is 756. The molecule has 1 saturated heterocycles. The van der Waals surface area contributed by atoms with Crippen LogP contribution < -0.4 is 20.6 Å². The van der Waals surface area contributed by atoms with Crippen LogP contribution in [0.4, 0.5) is 17.1 Å². The zero-order valence-electron chi connectivity index (χ0n) is 15.2. The standard InChI is InChI=1S/C21H25N3O3/c25-20(15-19(21(26)27)24-13-5-2-6-14-24)23-18-11-9-17(10-12-18)22-16-7-3-1-4-8-16/h1,3-4,7-12,19,22H,2,5-6,13-15H2,(H,23,25)(H,26,27)/t19-/m0/s1. The third-order valence-electron chi connectivity index (χ3n) is 4.89. The number of likely N-dealkylation sites (tertiary alicyclic amines) is 1. The third-order valence-corrected chi connectivity index (χ3v) is 4.89. The fourth-order valence-electron chi connectivity index (χ4n) is 3.47. The van der Waals surface area contributed by atoms with E-state index in [9.17, 15) is 14.7 Å². The molecule has 1 amide bonds. The van der Waals surface area contributed by atoms with Crippen molar-refractivity contribution in [1.82, 2.24) is 0 Å². The molecule has 0 unspecified atom stereocenters. The predicted molar refractivity (Wildman–Crippen MR) is 103 cm³/mol. The molecule has 1 fully saturated rings. The van der Waals surface area contributed by atoms with Gasteiger partial charge >= 0.3 is 0 Å². The Morgan fingerprint density at radius 2 is 1.48 bits per heavy atom. The lowest BCUT2D eigenvalue weighted by molar-refractivity contribution is -0.922. The van der Waals surface area contributed by atoms with Gasteiger partial charge in [0.05, 0.1) is 25.5 Å². The van der Waals surface area contributed by atoms with Crippen LogP contribution in [-0.4, -0.2) is 31.0 Å². The number of quaternary nitrogens is 1. The van der Waals surface area contributed by atoms with Gasteiger partial charge in [-0.25, -0.2) is 0 Å². The normalized spacial score (nSPS) is 15.7. The summed E-state index contributed by atoms with van der Waals surface area (Å²) in [6.07, 6.45) is 3.05. The summed E-state index contributed by atoms with van der Waals surface area (Å²) in [5.74, 6) is -1.45. The Morgan fingerprint density at radius 1 is 0.889 bits per heavy atom. The number of aliphatic carboxylic acids is 1. The SMILES string of the molecule is O=C(C[C@@H](C(=O)[O-])[NH+]1CCCCC1)Nc1ccc(Nc2ccccc2)cc1. The molecule has 1 heterocycles. The number of hydrogen-bond acceptors (Lipinski definition) is 4. The van der Waals surface area contributed by atoms with Crippen LogP contribution in [-0.2, 0) is 9.59 Å². The molecule has 6 nitrogen and oxygen atoms in total. The minimum Gasteiger partial charge on any atom is -0.544 e. The number of hydrogen-bond donors (Lipinski definition) is 3. The zero-order chi connectivity index (χ0) is 19.1. The van der Waals surface area contributed by atoms with Crippen LogP contribution in [0, 0.1) is 0 Å². The van der Waals surface area contributed by atoms with Crippen LogP contribution in [0.3, 0.4) is 0 Å². The second kappa shape index (κ2) is 9.19. The Labute approximate surface area is 159 Å². The molecule has 0 radical (unpaired) electrons. The van der Waals surface area contributed by atoms with Crippen LogP contribution in [0.1, 0.15) is 25.7 Å². The largest absolute Gasteiger partial charge is 0.544 e. The van der Waals surface area contributed by atoms with Crippen LogP contribution in [0.15, 0.2) is 54.6 Å². The highest BCUT2D eigenvalue weighted by Crippen LogP contribution is 2.18. The van der Waals surface area contributed by atoms with Crippen LogP contribution >= 0.6 is 0 Å². The molecular weight excluding hydrogens is 342 g/mol. The topological polar surface area (TPSA) is 85.7 Å². The van der Waals surface area contributed by atoms with Gasteiger partial charge in [0.25, 0.3) is 0 Å². The summed E-state index contributed by atoms with van der Waals surface area (Å²) in [5.41, 5.74) is 2.53. The fourth-order valence-corrected chi connectivity index (χ4v) is 3.47. The molecule has 0 spiro atoms. The predicted octanol–water partition coefficient (Wildman–Crippen LogP) is 0.946. The molecule has 0 bridgehead atoms. The van der Waals surface area contributed by atoms with Crippen molar-refractivity contribution in [3.63, 3.8) is 0 Å². The summed E-state index contributed by atoms with van der Waals surface area (Å²) in [6.45, 7) is 1.57. The number of para-hydroxylation sites is 1. The van der Waals surface area contributed by atoms with Gasteiger partial charge in [-0.05, 0) is 55.7 Å². The molecule has 2 aromatic rings. The van der Waals surface area contributed by atoms with Crippen molar-refractivity contribution in [1.29, 1.82) is 0 Å². The highest BCUT2D eigenvalue weighted by atomic mass is 16.4.